The SMILES string of the molecule is O=C(NC[C@H]1CCN(CC(F)(F)F)C1)c1ccc2ccccc2c1. The Morgan fingerprint density at radius 1 is 1.17 bits per heavy atom. The third kappa shape index (κ3) is 4.26. The van der Waals surface area contributed by atoms with E-state index >= 15 is 0 Å². The highest BCUT2D eigenvalue weighted by atomic mass is 19.4. The fourth-order valence-electron chi connectivity index (χ4n) is 3.15. The molecule has 0 unspecified atom stereocenters. The Bertz CT molecular complexity index is 730. The van der Waals surface area contributed by atoms with Gasteiger partial charge in [-0.2, -0.15) is 13.2 Å². The quantitative estimate of drug-likeness (QED) is 0.927. The van der Waals surface area contributed by atoms with E-state index in [1.54, 1.807) is 6.07 Å². The average molecular weight is 336 g/mol. The highest BCUT2D eigenvalue weighted by Crippen LogP contribution is 2.22. The van der Waals surface area contributed by atoms with Crippen LogP contribution in [-0.4, -0.2) is 43.2 Å². The van der Waals surface area contributed by atoms with Crippen LogP contribution >= 0.6 is 0 Å². The van der Waals surface area contributed by atoms with Crippen molar-refractivity contribution in [2.75, 3.05) is 26.2 Å². The molecule has 0 aromatic heterocycles. The maximum absolute atomic E-state index is 12.4. The van der Waals surface area contributed by atoms with Gasteiger partial charge in [0.25, 0.3) is 5.91 Å². The molecule has 0 radical (unpaired) electrons. The Labute approximate surface area is 138 Å². The summed E-state index contributed by atoms with van der Waals surface area (Å²) in [6.45, 7) is 0.329. The van der Waals surface area contributed by atoms with Crippen molar-refractivity contribution in [3.8, 4) is 0 Å². The second-order valence-electron chi connectivity index (χ2n) is 6.28. The fraction of sp³-hybridized carbons (Fsp3) is 0.389. The number of likely N-dealkylation sites (tertiary alicyclic amines) is 1. The predicted molar refractivity (Wildman–Crippen MR) is 86.9 cm³/mol. The maximum atomic E-state index is 12.4. The van der Waals surface area contributed by atoms with Gasteiger partial charge in [0, 0.05) is 18.7 Å². The molecule has 1 amide bonds. The zero-order valence-corrected chi connectivity index (χ0v) is 13.1. The number of rotatable bonds is 4. The van der Waals surface area contributed by atoms with Crippen LogP contribution in [0.25, 0.3) is 10.8 Å². The van der Waals surface area contributed by atoms with Gasteiger partial charge in [-0.1, -0.05) is 30.3 Å². The second-order valence-corrected chi connectivity index (χ2v) is 6.28. The van der Waals surface area contributed by atoms with E-state index in [0.29, 0.717) is 31.6 Å². The van der Waals surface area contributed by atoms with E-state index in [-0.39, 0.29) is 11.8 Å². The zero-order chi connectivity index (χ0) is 17.2. The van der Waals surface area contributed by atoms with E-state index in [2.05, 4.69) is 5.32 Å². The molecular formula is C18H19F3N2O. The number of nitrogens with zero attached hydrogens (tertiary/aromatic N) is 1. The maximum Gasteiger partial charge on any atom is 0.401 e. The molecular weight excluding hydrogens is 317 g/mol. The minimum absolute atomic E-state index is 0.0664. The molecule has 1 N–H and O–H groups in total. The topological polar surface area (TPSA) is 32.3 Å². The summed E-state index contributed by atoms with van der Waals surface area (Å²) in [5, 5.41) is 4.89. The van der Waals surface area contributed by atoms with E-state index < -0.39 is 12.7 Å². The van der Waals surface area contributed by atoms with Gasteiger partial charge in [-0.15, -0.1) is 0 Å². The summed E-state index contributed by atoms with van der Waals surface area (Å²) in [4.78, 5) is 13.6. The molecule has 2 aromatic rings. The van der Waals surface area contributed by atoms with Crippen molar-refractivity contribution in [2.24, 2.45) is 5.92 Å². The fourth-order valence-corrected chi connectivity index (χ4v) is 3.15. The van der Waals surface area contributed by atoms with Crippen LogP contribution in [-0.2, 0) is 0 Å². The lowest BCUT2D eigenvalue weighted by Crippen LogP contribution is -2.34. The van der Waals surface area contributed by atoms with Crippen LogP contribution in [0.4, 0.5) is 13.2 Å². The van der Waals surface area contributed by atoms with Crippen LogP contribution in [0.2, 0.25) is 0 Å². The average Bonchev–Trinajstić information content (AvgIpc) is 2.97. The lowest BCUT2D eigenvalue weighted by molar-refractivity contribution is -0.143. The van der Waals surface area contributed by atoms with E-state index in [1.807, 2.05) is 36.4 Å². The lowest BCUT2D eigenvalue weighted by Gasteiger charge is -2.18. The molecule has 0 aliphatic carbocycles. The van der Waals surface area contributed by atoms with Gasteiger partial charge in [-0.3, -0.25) is 9.69 Å². The van der Waals surface area contributed by atoms with E-state index in [1.165, 1.54) is 4.90 Å². The predicted octanol–water partition coefficient (Wildman–Crippen LogP) is 3.45. The number of nitrogens with one attached hydrogen (secondary N) is 1. The summed E-state index contributed by atoms with van der Waals surface area (Å²) < 4.78 is 37.2. The van der Waals surface area contributed by atoms with Crippen LogP contribution in [0.5, 0.6) is 0 Å². The smallest absolute Gasteiger partial charge is 0.352 e. The van der Waals surface area contributed by atoms with Crippen molar-refractivity contribution in [3.63, 3.8) is 0 Å². The molecule has 128 valence electrons. The largest absolute Gasteiger partial charge is 0.401 e. The molecule has 0 spiro atoms. The number of halogens is 3. The molecule has 1 atom stereocenters. The molecule has 1 aliphatic rings. The monoisotopic (exact) mass is 336 g/mol. The van der Waals surface area contributed by atoms with E-state index in [4.69, 9.17) is 0 Å². The summed E-state index contributed by atoms with van der Waals surface area (Å²) in [6, 6.07) is 13.3. The molecule has 3 nitrogen and oxygen atoms in total. The van der Waals surface area contributed by atoms with Crippen LogP contribution in [0.1, 0.15) is 16.8 Å². The molecule has 6 heteroatoms. The highest BCUT2D eigenvalue weighted by molar-refractivity contribution is 5.98. The van der Waals surface area contributed by atoms with Crippen LogP contribution in [0.15, 0.2) is 42.5 Å². The lowest BCUT2D eigenvalue weighted by atomic mass is 10.1. The molecule has 0 saturated carbocycles. The van der Waals surface area contributed by atoms with E-state index in [0.717, 1.165) is 10.8 Å². The third-order valence-corrected chi connectivity index (χ3v) is 4.34. The molecule has 1 aliphatic heterocycles. The first kappa shape index (κ1) is 16.8. The number of benzene rings is 2. The molecule has 24 heavy (non-hydrogen) atoms. The van der Waals surface area contributed by atoms with Gasteiger partial charge in [-0.05, 0) is 41.8 Å². The third-order valence-electron chi connectivity index (χ3n) is 4.34. The van der Waals surface area contributed by atoms with Gasteiger partial charge in [0.05, 0.1) is 6.54 Å². The molecule has 0 bridgehead atoms. The number of fused-ring (bicyclic) bond motifs is 1. The van der Waals surface area contributed by atoms with Gasteiger partial charge in [0.1, 0.15) is 0 Å². The summed E-state index contributed by atoms with van der Waals surface area (Å²) in [6.07, 6.45) is -3.49. The number of alkyl halides is 3. The van der Waals surface area contributed by atoms with Crippen molar-refractivity contribution in [3.05, 3.63) is 48.0 Å². The summed E-state index contributed by atoms with van der Waals surface area (Å²) >= 11 is 0. The standard InChI is InChI=1S/C18H19F3N2O/c19-18(20,21)12-23-8-7-13(11-23)10-22-17(24)16-6-5-14-3-1-2-4-15(14)9-16/h1-6,9,13H,7-8,10-12H2,(H,22,24)/t13-/m1/s1. The number of carbonyl (C=O) groups excluding carboxylic acids is 1. The minimum atomic E-state index is -4.16. The van der Waals surface area contributed by atoms with Gasteiger partial charge in [-0.25, -0.2) is 0 Å². The number of carbonyl (C=O) groups is 1. The van der Waals surface area contributed by atoms with Crippen LogP contribution in [0, 0.1) is 5.92 Å². The Morgan fingerprint density at radius 3 is 2.67 bits per heavy atom. The van der Waals surface area contributed by atoms with Gasteiger partial charge >= 0.3 is 6.18 Å². The normalized spacial score (nSPS) is 18.9. The molecule has 3 rings (SSSR count). The van der Waals surface area contributed by atoms with Crippen molar-refractivity contribution in [2.45, 2.75) is 12.6 Å². The number of amides is 1. The van der Waals surface area contributed by atoms with E-state index in [9.17, 15) is 18.0 Å². The molecule has 1 fully saturated rings. The molecule has 1 saturated heterocycles. The Kier molecular flexibility index (Phi) is 4.76. The summed E-state index contributed by atoms with van der Waals surface area (Å²) in [7, 11) is 0. The second kappa shape index (κ2) is 6.81. The van der Waals surface area contributed by atoms with Gasteiger partial charge in [0.15, 0.2) is 0 Å². The highest BCUT2D eigenvalue weighted by Gasteiger charge is 2.34. The number of hydrogen-bond donors (Lipinski definition) is 1. The van der Waals surface area contributed by atoms with Gasteiger partial charge < -0.3 is 5.32 Å². The van der Waals surface area contributed by atoms with Gasteiger partial charge in [0.2, 0.25) is 0 Å². The summed E-state index contributed by atoms with van der Waals surface area (Å²) in [5.41, 5.74) is 0.568. The zero-order valence-electron chi connectivity index (χ0n) is 13.1. The van der Waals surface area contributed by atoms with Crippen molar-refractivity contribution in [1.82, 2.24) is 10.2 Å². The number of hydrogen-bond acceptors (Lipinski definition) is 2. The van der Waals surface area contributed by atoms with Crippen LogP contribution in [0.3, 0.4) is 0 Å². The Morgan fingerprint density at radius 2 is 1.92 bits per heavy atom. The first-order valence-electron chi connectivity index (χ1n) is 7.97. The Hall–Kier alpha value is -2.08. The van der Waals surface area contributed by atoms with Crippen LogP contribution < -0.4 is 5.32 Å². The Balaban J connectivity index is 1.54. The summed E-state index contributed by atoms with van der Waals surface area (Å²) in [5.74, 6) is -0.119. The molecule has 1 heterocycles. The van der Waals surface area contributed by atoms with Crippen molar-refractivity contribution < 1.29 is 18.0 Å². The first-order valence-corrected chi connectivity index (χ1v) is 7.97. The minimum Gasteiger partial charge on any atom is -0.352 e. The first-order chi connectivity index (χ1) is 11.4. The van der Waals surface area contributed by atoms with Crippen molar-refractivity contribution >= 4 is 16.7 Å². The molecule has 2 aromatic carbocycles. The van der Waals surface area contributed by atoms with Crippen molar-refractivity contribution in [1.29, 1.82) is 0 Å².